The summed E-state index contributed by atoms with van der Waals surface area (Å²) in [6.07, 6.45) is 1.47. The van der Waals surface area contributed by atoms with Gasteiger partial charge in [0.25, 0.3) is 0 Å². The second-order valence-electron chi connectivity index (χ2n) is 2.69. The largest absolute Gasteiger partial charge is 0.463 e. The van der Waals surface area contributed by atoms with Crippen molar-refractivity contribution in [2.45, 2.75) is 0 Å². The molecule has 0 aromatic carbocycles. The SMILES string of the molecule is N#Cc1c(Cl)nc(N)nc1-c1ccco1. The van der Waals surface area contributed by atoms with E-state index < -0.39 is 0 Å². The van der Waals surface area contributed by atoms with E-state index in [0.29, 0.717) is 11.5 Å². The van der Waals surface area contributed by atoms with Crippen LogP contribution in [0.2, 0.25) is 5.15 Å². The lowest BCUT2D eigenvalue weighted by Gasteiger charge is -2.01. The Morgan fingerprint density at radius 1 is 1.47 bits per heavy atom. The highest BCUT2D eigenvalue weighted by atomic mass is 35.5. The zero-order valence-electron chi connectivity index (χ0n) is 7.44. The lowest BCUT2D eigenvalue weighted by molar-refractivity contribution is 0.579. The molecule has 0 saturated carbocycles. The fraction of sp³-hybridized carbons (Fsp3) is 0. The third-order valence-corrected chi connectivity index (χ3v) is 2.02. The van der Waals surface area contributed by atoms with E-state index in [9.17, 15) is 0 Å². The molecule has 0 bridgehead atoms. The predicted molar refractivity (Wildman–Crippen MR) is 53.9 cm³/mol. The van der Waals surface area contributed by atoms with Crippen LogP contribution in [0.1, 0.15) is 5.56 Å². The minimum Gasteiger partial charge on any atom is -0.463 e. The zero-order valence-corrected chi connectivity index (χ0v) is 8.19. The quantitative estimate of drug-likeness (QED) is 0.741. The van der Waals surface area contributed by atoms with Gasteiger partial charge in [-0.2, -0.15) is 10.2 Å². The average molecular weight is 221 g/mol. The number of aromatic nitrogens is 2. The lowest BCUT2D eigenvalue weighted by atomic mass is 10.2. The van der Waals surface area contributed by atoms with Crippen molar-refractivity contribution in [3.05, 3.63) is 29.1 Å². The number of nitrogen functional groups attached to an aromatic ring is 1. The van der Waals surface area contributed by atoms with E-state index in [4.69, 9.17) is 27.0 Å². The van der Waals surface area contributed by atoms with Crippen molar-refractivity contribution in [1.29, 1.82) is 5.26 Å². The van der Waals surface area contributed by atoms with E-state index in [-0.39, 0.29) is 16.7 Å². The Morgan fingerprint density at radius 2 is 2.27 bits per heavy atom. The molecule has 2 aromatic heterocycles. The first kappa shape index (κ1) is 9.49. The number of rotatable bonds is 1. The fourth-order valence-electron chi connectivity index (χ4n) is 1.14. The molecular formula is C9H5ClN4O. The third-order valence-electron chi connectivity index (χ3n) is 1.75. The van der Waals surface area contributed by atoms with Gasteiger partial charge in [0.15, 0.2) is 10.9 Å². The summed E-state index contributed by atoms with van der Waals surface area (Å²) >= 11 is 5.76. The average Bonchev–Trinajstić information content (AvgIpc) is 2.69. The van der Waals surface area contributed by atoms with Crippen molar-refractivity contribution in [1.82, 2.24) is 9.97 Å². The van der Waals surface area contributed by atoms with Gasteiger partial charge < -0.3 is 10.2 Å². The number of nitrogens with two attached hydrogens (primary N) is 1. The van der Waals surface area contributed by atoms with Crippen LogP contribution in [0.5, 0.6) is 0 Å². The normalized spacial score (nSPS) is 9.87. The van der Waals surface area contributed by atoms with Crippen LogP contribution in [0, 0.1) is 11.3 Å². The van der Waals surface area contributed by atoms with Crippen molar-refractivity contribution in [3.8, 4) is 17.5 Å². The molecule has 0 fully saturated rings. The summed E-state index contributed by atoms with van der Waals surface area (Å²) in [7, 11) is 0. The number of nitrogens with zero attached hydrogens (tertiary/aromatic N) is 3. The Bertz CT molecular complexity index is 530. The molecule has 0 aliphatic carbocycles. The molecule has 0 aliphatic rings. The molecule has 0 spiro atoms. The molecular weight excluding hydrogens is 216 g/mol. The summed E-state index contributed by atoms with van der Waals surface area (Å²) in [4.78, 5) is 7.60. The Kier molecular flexibility index (Phi) is 2.27. The van der Waals surface area contributed by atoms with Gasteiger partial charge in [-0.05, 0) is 12.1 Å². The Morgan fingerprint density at radius 3 is 2.87 bits per heavy atom. The first-order chi connectivity index (χ1) is 7.22. The van der Waals surface area contributed by atoms with Crippen molar-refractivity contribution < 1.29 is 4.42 Å². The van der Waals surface area contributed by atoms with E-state index in [1.807, 2.05) is 6.07 Å². The maximum Gasteiger partial charge on any atom is 0.222 e. The van der Waals surface area contributed by atoms with Crippen LogP contribution < -0.4 is 5.73 Å². The van der Waals surface area contributed by atoms with Gasteiger partial charge in [-0.15, -0.1) is 0 Å². The monoisotopic (exact) mass is 220 g/mol. The first-order valence-corrected chi connectivity index (χ1v) is 4.37. The number of hydrogen-bond acceptors (Lipinski definition) is 5. The minimum atomic E-state index is 0.00500. The topological polar surface area (TPSA) is 88.7 Å². The van der Waals surface area contributed by atoms with E-state index in [0.717, 1.165) is 0 Å². The van der Waals surface area contributed by atoms with Gasteiger partial charge in [-0.3, -0.25) is 0 Å². The molecule has 0 saturated heterocycles. The molecule has 2 heterocycles. The molecule has 0 amide bonds. The lowest BCUT2D eigenvalue weighted by Crippen LogP contribution is -2.00. The second-order valence-corrected chi connectivity index (χ2v) is 3.04. The second kappa shape index (κ2) is 3.59. The third kappa shape index (κ3) is 1.63. The standard InChI is InChI=1S/C9H5ClN4O/c10-8-5(4-11)7(13-9(12)14-8)6-2-1-3-15-6/h1-3H,(H2,12,13,14). The van der Waals surface area contributed by atoms with Crippen LogP contribution in [0.3, 0.4) is 0 Å². The van der Waals surface area contributed by atoms with Crippen LogP contribution in [-0.4, -0.2) is 9.97 Å². The Hall–Kier alpha value is -2.06. The van der Waals surface area contributed by atoms with Crippen LogP contribution in [0.4, 0.5) is 5.95 Å². The van der Waals surface area contributed by atoms with Gasteiger partial charge in [-0.25, -0.2) is 4.98 Å². The van der Waals surface area contributed by atoms with Crippen molar-refractivity contribution in [2.24, 2.45) is 0 Å². The minimum absolute atomic E-state index is 0.00500. The van der Waals surface area contributed by atoms with Gasteiger partial charge in [-0.1, -0.05) is 11.6 Å². The van der Waals surface area contributed by atoms with Crippen molar-refractivity contribution in [2.75, 3.05) is 5.73 Å². The van der Waals surface area contributed by atoms with Gasteiger partial charge in [0.2, 0.25) is 5.95 Å². The fourth-order valence-corrected chi connectivity index (χ4v) is 1.36. The first-order valence-electron chi connectivity index (χ1n) is 3.99. The highest BCUT2D eigenvalue weighted by Gasteiger charge is 2.15. The van der Waals surface area contributed by atoms with Gasteiger partial charge in [0.05, 0.1) is 6.26 Å². The van der Waals surface area contributed by atoms with Crippen molar-refractivity contribution in [3.63, 3.8) is 0 Å². The maximum absolute atomic E-state index is 8.89. The highest BCUT2D eigenvalue weighted by Crippen LogP contribution is 2.26. The maximum atomic E-state index is 8.89. The molecule has 0 radical (unpaired) electrons. The zero-order chi connectivity index (χ0) is 10.8. The number of anilines is 1. The smallest absolute Gasteiger partial charge is 0.222 e. The summed E-state index contributed by atoms with van der Waals surface area (Å²) in [6, 6.07) is 5.26. The predicted octanol–water partition coefficient (Wildman–Crippen LogP) is 1.84. The van der Waals surface area contributed by atoms with E-state index in [1.165, 1.54) is 6.26 Å². The van der Waals surface area contributed by atoms with Crippen molar-refractivity contribution >= 4 is 17.5 Å². The van der Waals surface area contributed by atoms with E-state index in [1.54, 1.807) is 12.1 Å². The molecule has 0 unspecified atom stereocenters. The number of furan rings is 1. The number of hydrogen-bond donors (Lipinski definition) is 1. The summed E-state index contributed by atoms with van der Waals surface area (Å²) in [5, 5.41) is 8.92. The number of nitriles is 1. The van der Waals surface area contributed by atoms with E-state index in [2.05, 4.69) is 9.97 Å². The molecule has 6 heteroatoms. The molecule has 2 aromatic rings. The van der Waals surface area contributed by atoms with Gasteiger partial charge in [0, 0.05) is 0 Å². The molecule has 2 N–H and O–H groups in total. The summed E-state index contributed by atoms with van der Waals surface area (Å²) in [5.41, 5.74) is 5.89. The Balaban J connectivity index is 2.71. The van der Waals surface area contributed by atoms with Gasteiger partial charge >= 0.3 is 0 Å². The van der Waals surface area contributed by atoms with Crippen LogP contribution in [-0.2, 0) is 0 Å². The van der Waals surface area contributed by atoms with E-state index >= 15 is 0 Å². The van der Waals surface area contributed by atoms with Crippen LogP contribution >= 0.6 is 11.6 Å². The summed E-state index contributed by atoms with van der Waals surface area (Å²) in [5.74, 6) is 0.438. The molecule has 0 atom stereocenters. The molecule has 74 valence electrons. The highest BCUT2D eigenvalue weighted by molar-refractivity contribution is 6.31. The Labute approximate surface area is 90.1 Å². The van der Waals surface area contributed by atoms with Gasteiger partial charge in [0.1, 0.15) is 17.3 Å². The summed E-state index contributed by atoms with van der Waals surface area (Å²) < 4.78 is 5.12. The number of halogens is 1. The summed E-state index contributed by atoms with van der Waals surface area (Å²) in [6.45, 7) is 0. The molecule has 2 rings (SSSR count). The molecule has 5 nitrogen and oxygen atoms in total. The van der Waals surface area contributed by atoms with Crippen LogP contribution in [0.25, 0.3) is 11.5 Å². The van der Waals surface area contributed by atoms with Crippen LogP contribution in [0.15, 0.2) is 22.8 Å². The molecule has 15 heavy (non-hydrogen) atoms. The molecule has 0 aliphatic heterocycles.